The molecule has 0 aliphatic rings. The molecule has 19 heavy (non-hydrogen) atoms. The number of nitrogens with zero attached hydrogens (tertiary/aromatic N) is 2. The Kier molecular flexibility index (Phi) is 4.22. The summed E-state index contributed by atoms with van der Waals surface area (Å²) in [5.41, 5.74) is 2.80. The van der Waals surface area contributed by atoms with Gasteiger partial charge in [0.1, 0.15) is 18.2 Å². The Morgan fingerprint density at radius 2 is 1.84 bits per heavy atom. The Labute approximate surface area is 117 Å². The Hall–Kier alpha value is -1.81. The molecule has 0 radical (unpaired) electrons. The second-order valence-corrected chi connectivity index (χ2v) is 4.68. The topological polar surface area (TPSA) is 47.0 Å². The number of aromatic nitrogens is 2. The van der Waals surface area contributed by atoms with Gasteiger partial charge in [-0.3, -0.25) is 4.98 Å². The van der Waals surface area contributed by atoms with Crippen LogP contribution in [-0.4, -0.2) is 17.0 Å². The minimum Gasteiger partial charge on any atom is -0.487 e. The molecule has 0 aliphatic carbocycles. The molecule has 1 N–H and O–H groups in total. The molecule has 0 spiro atoms. The highest BCUT2D eigenvalue weighted by Gasteiger charge is 2.04. The molecule has 1 heterocycles. The lowest BCUT2D eigenvalue weighted by Crippen LogP contribution is -2.01. The average Bonchev–Trinajstić information content (AvgIpc) is 2.43. The van der Waals surface area contributed by atoms with Gasteiger partial charge in [-0.2, -0.15) is 0 Å². The van der Waals surface area contributed by atoms with Gasteiger partial charge in [-0.05, 0) is 37.1 Å². The molecule has 2 rings (SSSR count). The van der Waals surface area contributed by atoms with Gasteiger partial charge in [0.2, 0.25) is 0 Å². The standard InChI is InChI=1S/C14H16ClN3O/c1-9-4-12(5-10(2)14(9)15)19-8-11-6-18-13(16-3)7-17-11/h4-7H,8H2,1-3H3,(H,16,18). The third-order valence-corrected chi connectivity index (χ3v) is 3.35. The van der Waals surface area contributed by atoms with Gasteiger partial charge >= 0.3 is 0 Å². The van der Waals surface area contributed by atoms with E-state index in [0.29, 0.717) is 6.61 Å². The van der Waals surface area contributed by atoms with Crippen LogP contribution in [0.3, 0.4) is 0 Å². The number of aryl methyl sites for hydroxylation is 2. The number of hydrogen-bond donors (Lipinski definition) is 1. The first-order valence-corrected chi connectivity index (χ1v) is 6.36. The Balaban J connectivity index is 2.05. The summed E-state index contributed by atoms with van der Waals surface area (Å²) < 4.78 is 5.70. The molecule has 0 unspecified atom stereocenters. The number of hydrogen-bond acceptors (Lipinski definition) is 4. The van der Waals surface area contributed by atoms with E-state index in [0.717, 1.165) is 33.4 Å². The molecular weight excluding hydrogens is 262 g/mol. The number of nitrogens with one attached hydrogen (secondary N) is 1. The van der Waals surface area contributed by atoms with E-state index in [4.69, 9.17) is 16.3 Å². The normalized spacial score (nSPS) is 10.3. The Morgan fingerprint density at radius 3 is 2.37 bits per heavy atom. The van der Waals surface area contributed by atoms with Gasteiger partial charge in [0.15, 0.2) is 0 Å². The molecular formula is C14H16ClN3O. The Bertz CT molecular complexity index is 546. The second-order valence-electron chi connectivity index (χ2n) is 4.30. The third-order valence-electron chi connectivity index (χ3n) is 2.76. The molecule has 4 nitrogen and oxygen atoms in total. The number of halogens is 1. The monoisotopic (exact) mass is 277 g/mol. The van der Waals surface area contributed by atoms with Crippen LogP contribution >= 0.6 is 11.6 Å². The van der Waals surface area contributed by atoms with E-state index in [1.54, 1.807) is 19.4 Å². The number of anilines is 1. The van der Waals surface area contributed by atoms with Gasteiger partial charge in [0.25, 0.3) is 0 Å². The summed E-state index contributed by atoms with van der Waals surface area (Å²) in [6.07, 6.45) is 3.37. The summed E-state index contributed by atoms with van der Waals surface area (Å²) in [4.78, 5) is 8.43. The van der Waals surface area contributed by atoms with E-state index in [2.05, 4.69) is 15.3 Å². The van der Waals surface area contributed by atoms with Gasteiger partial charge in [-0.25, -0.2) is 4.98 Å². The second kappa shape index (κ2) is 5.89. The molecule has 0 amide bonds. The third kappa shape index (κ3) is 3.35. The van der Waals surface area contributed by atoms with Crippen LogP contribution < -0.4 is 10.1 Å². The first-order valence-electron chi connectivity index (χ1n) is 5.98. The molecule has 2 aromatic rings. The van der Waals surface area contributed by atoms with Crippen LogP contribution in [0.25, 0.3) is 0 Å². The van der Waals surface area contributed by atoms with Crippen molar-refractivity contribution in [2.75, 3.05) is 12.4 Å². The van der Waals surface area contributed by atoms with Crippen LogP contribution in [-0.2, 0) is 6.61 Å². The van der Waals surface area contributed by atoms with Crippen molar-refractivity contribution in [2.45, 2.75) is 20.5 Å². The average molecular weight is 278 g/mol. The van der Waals surface area contributed by atoms with Crippen molar-refractivity contribution in [1.82, 2.24) is 9.97 Å². The lowest BCUT2D eigenvalue weighted by atomic mass is 10.1. The Morgan fingerprint density at radius 1 is 1.16 bits per heavy atom. The minimum atomic E-state index is 0.386. The van der Waals surface area contributed by atoms with Gasteiger partial charge in [0.05, 0.1) is 18.1 Å². The first kappa shape index (κ1) is 13.6. The van der Waals surface area contributed by atoms with Crippen molar-refractivity contribution < 1.29 is 4.74 Å². The van der Waals surface area contributed by atoms with Crippen molar-refractivity contribution in [3.63, 3.8) is 0 Å². The van der Waals surface area contributed by atoms with Crippen LogP contribution in [0.15, 0.2) is 24.5 Å². The van der Waals surface area contributed by atoms with Gasteiger partial charge in [-0.1, -0.05) is 11.6 Å². The molecule has 5 heteroatoms. The summed E-state index contributed by atoms with van der Waals surface area (Å²) in [6.45, 7) is 4.31. The molecule has 100 valence electrons. The zero-order chi connectivity index (χ0) is 13.8. The predicted molar refractivity (Wildman–Crippen MR) is 76.8 cm³/mol. The van der Waals surface area contributed by atoms with E-state index in [-0.39, 0.29) is 0 Å². The van der Waals surface area contributed by atoms with Gasteiger partial charge in [-0.15, -0.1) is 0 Å². The smallest absolute Gasteiger partial charge is 0.144 e. The van der Waals surface area contributed by atoms with Crippen LogP contribution in [0.1, 0.15) is 16.8 Å². The number of ether oxygens (including phenoxy) is 1. The quantitative estimate of drug-likeness (QED) is 0.931. The van der Waals surface area contributed by atoms with Crippen LogP contribution in [0.4, 0.5) is 5.82 Å². The van der Waals surface area contributed by atoms with Crippen LogP contribution in [0.5, 0.6) is 5.75 Å². The maximum absolute atomic E-state index is 6.12. The number of benzene rings is 1. The lowest BCUT2D eigenvalue weighted by Gasteiger charge is -2.09. The SMILES string of the molecule is CNc1cnc(COc2cc(C)c(Cl)c(C)c2)cn1. The zero-order valence-electron chi connectivity index (χ0n) is 11.2. The molecule has 0 bridgehead atoms. The molecule has 1 aromatic carbocycles. The van der Waals surface area contributed by atoms with E-state index >= 15 is 0 Å². The predicted octanol–water partition coefficient (Wildman–Crippen LogP) is 3.37. The van der Waals surface area contributed by atoms with Crippen molar-refractivity contribution in [1.29, 1.82) is 0 Å². The molecule has 0 atom stereocenters. The minimum absolute atomic E-state index is 0.386. The first-order chi connectivity index (χ1) is 9.10. The van der Waals surface area contributed by atoms with E-state index in [9.17, 15) is 0 Å². The fourth-order valence-electron chi connectivity index (χ4n) is 1.71. The summed E-state index contributed by atoms with van der Waals surface area (Å²) >= 11 is 6.12. The van der Waals surface area contributed by atoms with Crippen molar-refractivity contribution in [3.8, 4) is 5.75 Å². The molecule has 0 fully saturated rings. The largest absolute Gasteiger partial charge is 0.487 e. The fourth-order valence-corrected chi connectivity index (χ4v) is 1.81. The fraction of sp³-hybridized carbons (Fsp3) is 0.286. The zero-order valence-corrected chi connectivity index (χ0v) is 12.0. The van der Waals surface area contributed by atoms with Crippen LogP contribution in [0.2, 0.25) is 5.02 Å². The number of rotatable bonds is 4. The summed E-state index contributed by atoms with van der Waals surface area (Å²) in [5.74, 6) is 1.53. The molecule has 1 aromatic heterocycles. The molecule has 0 saturated carbocycles. The van der Waals surface area contributed by atoms with E-state index in [1.165, 1.54) is 0 Å². The van der Waals surface area contributed by atoms with Crippen molar-refractivity contribution >= 4 is 17.4 Å². The van der Waals surface area contributed by atoms with E-state index < -0.39 is 0 Å². The summed E-state index contributed by atoms with van der Waals surface area (Å²) in [7, 11) is 1.81. The highest BCUT2D eigenvalue weighted by Crippen LogP contribution is 2.26. The summed E-state index contributed by atoms with van der Waals surface area (Å²) in [5, 5.41) is 3.70. The van der Waals surface area contributed by atoms with E-state index in [1.807, 2.05) is 26.0 Å². The molecule has 0 aliphatic heterocycles. The van der Waals surface area contributed by atoms with Crippen LogP contribution in [0, 0.1) is 13.8 Å². The highest BCUT2D eigenvalue weighted by molar-refractivity contribution is 6.32. The van der Waals surface area contributed by atoms with Gasteiger partial charge < -0.3 is 10.1 Å². The summed E-state index contributed by atoms with van der Waals surface area (Å²) in [6, 6.07) is 3.84. The van der Waals surface area contributed by atoms with Crippen molar-refractivity contribution in [3.05, 3.63) is 46.4 Å². The molecule has 0 saturated heterocycles. The highest BCUT2D eigenvalue weighted by atomic mass is 35.5. The maximum Gasteiger partial charge on any atom is 0.144 e. The lowest BCUT2D eigenvalue weighted by molar-refractivity contribution is 0.300. The maximum atomic E-state index is 6.12. The van der Waals surface area contributed by atoms with Gasteiger partial charge in [0, 0.05) is 12.1 Å². The van der Waals surface area contributed by atoms with Crippen molar-refractivity contribution in [2.24, 2.45) is 0 Å².